The number of anilines is 1. The number of benzene rings is 1. The van der Waals surface area contributed by atoms with Crippen molar-refractivity contribution in [3.05, 3.63) is 28.8 Å². The highest BCUT2D eigenvalue weighted by Crippen LogP contribution is 2.24. The molecule has 3 N–H and O–H groups in total. The van der Waals surface area contributed by atoms with Crippen molar-refractivity contribution in [2.75, 3.05) is 25.1 Å². The Bertz CT molecular complexity index is 583. The van der Waals surface area contributed by atoms with Gasteiger partial charge < -0.3 is 20.7 Å². The minimum absolute atomic E-state index is 0.185. The van der Waals surface area contributed by atoms with Crippen LogP contribution in [0.4, 0.5) is 5.69 Å². The van der Waals surface area contributed by atoms with Crippen molar-refractivity contribution in [1.29, 1.82) is 0 Å². The SMILES string of the molecule is O=C(NC1CC1)c1cc(NC(=O)C2COCCN2)ccc1Cl. The van der Waals surface area contributed by atoms with Gasteiger partial charge in [0.2, 0.25) is 5.91 Å². The molecule has 0 spiro atoms. The Morgan fingerprint density at radius 1 is 1.32 bits per heavy atom. The molecule has 2 amide bonds. The molecule has 2 aliphatic rings. The molecule has 0 radical (unpaired) electrons. The number of hydrogen-bond donors (Lipinski definition) is 3. The molecule has 3 rings (SSSR count). The Morgan fingerprint density at radius 2 is 2.14 bits per heavy atom. The Labute approximate surface area is 133 Å². The molecular formula is C15H18ClN3O3. The molecule has 1 atom stereocenters. The number of amides is 2. The molecule has 1 aromatic carbocycles. The minimum Gasteiger partial charge on any atom is -0.378 e. The number of hydrogen-bond acceptors (Lipinski definition) is 4. The summed E-state index contributed by atoms with van der Waals surface area (Å²) in [4.78, 5) is 24.2. The van der Waals surface area contributed by atoms with E-state index in [2.05, 4.69) is 16.0 Å². The van der Waals surface area contributed by atoms with Crippen molar-refractivity contribution in [2.24, 2.45) is 0 Å². The maximum absolute atomic E-state index is 12.1. The summed E-state index contributed by atoms with van der Waals surface area (Å²) >= 11 is 6.07. The molecule has 2 fully saturated rings. The monoisotopic (exact) mass is 323 g/mol. The Balaban J connectivity index is 1.67. The van der Waals surface area contributed by atoms with Crippen molar-refractivity contribution in [3.8, 4) is 0 Å². The van der Waals surface area contributed by atoms with E-state index in [4.69, 9.17) is 16.3 Å². The van der Waals surface area contributed by atoms with Crippen molar-refractivity contribution in [3.63, 3.8) is 0 Å². The molecular weight excluding hydrogens is 306 g/mol. The van der Waals surface area contributed by atoms with Crippen LogP contribution in [0.15, 0.2) is 18.2 Å². The zero-order valence-electron chi connectivity index (χ0n) is 12.0. The molecule has 0 bridgehead atoms. The van der Waals surface area contributed by atoms with E-state index in [1.54, 1.807) is 18.2 Å². The predicted molar refractivity (Wildman–Crippen MR) is 83.2 cm³/mol. The molecule has 6 nitrogen and oxygen atoms in total. The van der Waals surface area contributed by atoms with Crippen molar-refractivity contribution >= 4 is 29.1 Å². The van der Waals surface area contributed by atoms with Crippen LogP contribution in [0, 0.1) is 0 Å². The lowest BCUT2D eigenvalue weighted by molar-refractivity contribution is -0.120. The molecule has 1 aromatic rings. The molecule has 1 aliphatic carbocycles. The van der Waals surface area contributed by atoms with Gasteiger partial charge in [-0.05, 0) is 31.0 Å². The first-order valence-corrected chi connectivity index (χ1v) is 7.73. The summed E-state index contributed by atoms with van der Waals surface area (Å²) in [5.41, 5.74) is 0.918. The molecule has 1 aliphatic heterocycles. The number of morpholine rings is 1. The predicted octanol–water partition coefficient (Wildman–Crippen LogP) is 1.16. The van der Waals surface area contributed by atoms with Crippen molar-refractivity contribution in [2.45, 2.75) is 24.9 Å². The highest BCUT2D eigenvalue weighted by atomic mass is 35.5. The number of halogens is 1. The fourth-order valence-electron chi connectivity index (χ4n) is 2.23. The standard InChI is InChI=1S/C15H18ClN3O3/c16-12-4-3-10(7-11(12)14(20)18-9-1-2-9)19-15(21)13-8-22-6-5-17-13/h3-4,7,9,13,17H,1-2,5-6,8H2,(H,18,20)(H,19,21). The number of carbonyl (C=O) groups excluding carboxylic acids is 2. The summed E-state index contributed by atoms with van der Waals surface area (Å²) in [5, 5.41) is 9.12. The normalized spacial score (nSPS) is 21.2. The first kappa shape index (κ1) is 15.3. The maximum atomic E-state index is 12.1. The van der Waals surface area contributed by atoms with Crippen LogP contribution in [0.1, 0.15) is 23.2 Å². The largest absolute Gasteiger partial charge is 0.378 e. The summed E-state index contributed by atoms with van der Waals surface area (Å²) in [6.07, 6.45) is 2.01. The first-order valence-electron chi connectivity index (χ1n) is 7.36. The van der Waals surface area contributed by atoms with E-state index >= 15 is 0 Å². The van der Waals surface area contributed by atoms with Gasteiger partial charge in [0.15, 0.2) is 0 Å². The van der Waals surface area contributed by atoms with Crippen LogP contribution in [0.2, 0.25) is 5.02 Å². The lowest BCUT2D eigenvalue weighted by Crippen LogP contribution is -2.48. The Kier molecular flexibility index (Phi) is 4.61. The molecule has 1 saturated heterocycles. The van der Waals surface area contributed by atoms with E-state index in [9.17, 15) is 9.59 Å². The van der Waals surface area contributed by atoms with Gasteiger partial charge in [-0.3, -0.25) is 9.59 Å². The van der Waals surface area contributed by atoms with Gasteiger partial charge in [0, 0.05) is 18.3 Å². The summed E-state index contributed by atoms with van der Waals surface area (Å²) < 4.78 is 5.26. The highest BCUT2D eigenvalue weighted by Gasteiger charge is 2.25. The van der Waals surface area contributed by atoms with E-state index in [0.717, 1.165) is 12.8 Å². The summed E-state index contributed by atoms with van der Waals surface area (Å²) in [6, 6.07) is 4.77. The van der Waals surface area contributed by atoms with Gasteiger partial charge in [-0.1, -0.05) is 11.6 Å². The van der Waals surface area contributed by atoms with Crippen LogP contribution >= 0.6 is 11.6 Å². The van der Waals surface area contributed by atoms with Crippen LogP contribution in [0.3, 0.4) is 0 Å². The zero-order chi connectivity index (χ0) is 15.5. The average Bonchev–Trinajstić information content (AvgIpc) is 3.34. The summed E-state index contributed by atoms with van der Waals surface area (Å²) in [7, 11) is 0. The summed E-state index contributed by atoms with van der Waals surface area (Å²) in [6.45, 7) is 1.60. The van der Waals surface area contributed by atoms with Gasteiger partial charge in [0.1, 0.15) is 6.04 Å². The third-order valence-electron chi connectivity index (χ3n) is 3.63. The first-order chi connectivity index (χ1) is 10.6. The number of ether oxygens (including phenoxy) is 1. The molecule has 0 aromatic heterocycles. The third-order valence-corrected chi connectivity index (χ3v) is 3.96. The smallest absolute Gasteiger partial charge is 0.253 e. The van der Waals surface area contributed by atoms with E-state index in [-0.39, 0.29) is 23.9 Å². The second kappa shape index (κ2) is 6.64. The van der Waals surface area contributed by atoms with Gasteiger partial charge >= 0.3 is 0 Å². The van der Waals surface area contributed by atoms with Crippen molar-refractivity contribution < 1.29 is 14.3 Å². The number of carbonyl (C=O) groups is 2. The minimum atomic E-state index is -0.381. The van der Waals surface area contributed by atoms with Crippen LogP contribution in [-0.2, 0) is 9.53 Å². The van der Waals surface area contributed by atoms with E-state index in [1.807, 2.05) is 0 Å². The van der Waals surface area contributed by atoms with E-state index in [0.29, 0.717) is 36.0 Å². The van der Waals surface area contributed by atoms with Gasteiger partial charge in [0.05, 0.1) is 23.8 Å². The zero-order valence-corrected chi connectivity index (χ0v) is 12.8. The molecule has 7 heteroatoms. The fraction of sp³-hybridized carbons (Fsp3) is 0.467. The Hall–Kier alpha value is -1.63. The maximum Gasteiger partial charge on any atom is 0.253 e. The van der Waals surface area contributed by atoms with Gasteiger partial charge in [-0.15, -0.1) is 0 Å². The third kappa shape index (κ3) is 3.76. The number of nitrogens with one attached hydrogen (secondary N) is 3. The lowest BCUT2D eigenvalue weighted by Gasteiger charge is -2.23. The molecule has 1 heterocycles. The summed E-state index contributed by atoms with van der Waals surface area (Å²) in [5.74, 6) is -0.390. The van der Waals surface area contributed by atoms with Crippen LogP contribution < -0.4 is 16.0 Å². The highest BCUT2D eigenvalue weighted by molar-refractivity contribution is 6.34. The van der Waals surface area contributed by atoms with Crippen LogP contribution in [-0.4, -0.2) is 43.7 Å². The second-order valence-electron chi connectivity index (χ2n) is 5.51. The van der Waals surface area contributed by atoms with Crippen molar-refractivity contribution in [1.82, 2.24) is 10.6 Å². The van der Waals surface area contributed by atoms with Gasteiger partial charge in [-0.25, -0.2) is 0 Å². The molecule has 1 saturated carbocycles. The van der Waals surface area contributed by atoms with Gasteiger partial charge in [0.25, 0.3) is 5.91 Å². The van der Waals surface area contributed by atoms with E-state index < -0.39 is 0 Å². The number of rotatable bonds is 4. The van der Waals surface area contributed by atoms with E-state index in [1.165, 1.54) is 0 Å². The lowest BCUT2D eigenvalue weighted by atomic mass is 10.1. The molecule has 22 heavy (non-hydrogen) atoms. The average molecular weight is 324 g/mol. The van der Waals surface area contributed by atoms with Crippen LogP contribution in [0.25, 0.3) is 0 Å². The van der Waals surface area contributed by atoms with Crippen LogP contribution in [0.5, 0.6) is 0 Å². The molecule has 1 unspecified atom stereocenters. The second-order valence-corrected chi connectivity index (χ2v) is 5.92. The Morgan fingerprint density at radius 3 is 2.82 bits per heavy atom. The fourth-order valence-corrected chi connectivity index (χ4v) is 2.43. The quantitative estimate of drug-likeness (QED) is 0.777. The molecule has 118 valence electrons. The topological polar surface area (TPSA) is 79.5 Å². The van der Waals surface area contributed by atoms with Gasteiger partial charge in [-0.2, -0.15) is 0 Å².